The van der Waals surface area contributed by atoms with Crippen LogP contribution >= 0.6 is 47.8 Å². The minimum absolute atomic E-state index is 0.0262. The van der Waals surface area contributed by atoms with Crippen LogP contribution in [0.25, 0.3) is 5.57 Å². The molecule has 1 aromatic carbocycles. The lowest BCUT2D eigenvalue weighted by molar-refractivity contribution is -0.358. The molecule has 0 radical (unpaired) electrons. The van der Waals surface area contributed by atoms with Crippen LogP contribution in [0.15, 0.2) is 51.2 Å². The number of allylic oxidation sites excluding steroid dienone is 2. The third-order valence-electron chi connectivity index (χ3n) is 4.17. The monoisotopic (exact) mass is 538 g/mol. The number of nitrogens with zero attached hydrogens (tertiary/aromatic N) is 2. The molecule has 25 heavy (non-hydrogen) atoms. The van der Waals surface area contributed by atoms with E-state index in [-0.39, 0.29) is 36.2 Å². The smallest absolute Gasteiger partial charge is 0.389 e. The zero-order valence-electron chi connectivity index (χ0n) is 12.1. The van der Waals surface area contributed by atoms with Gasteiger partial charge in [0.05, 0.1) is 14.6 Å². The first-order chi connectivity index (χ1) is 11.7. The van der Waals surface area contributed by atoms with E-state index in [9.17, 15) is 8.78 Å². The molecule has 2 aliphatic heterocycles. The fourth-order valence-electron chi connectivity index (χ4n) is 3.13. The average molecular weight is 541 g/mol. The van der Waals surface area contributed by atoms with Crippen LogP contribution in [-0.2, 0) is 0 Å². The molecule has 0 fully saturated rings. The SMILES string of the molecule is Fc1ccc(C2=C3C=CC(Br)=[N+]3[B-](F)(F)n3c(Br)ccc32)c(F)c1Br. The summed E-state index contributed by atoms with van der Waals surface area (Å²) in [6, 6.07) is 5.30. The highest BCUT2D eigenvalue weighted by molar-refractivity contribution is 9.18. The summed E-state index contributed by atoms with van der Waals surface area (Å²) in [5.74, 6) is -1.61. The van der Waals surface area contributed by atoms with Crippen molar-refractivity contribution in [1.29, 1.82) is 0 Å². The average Bonchev–Trinajstić information content (AvgIpc) is 3.12. The Morgan fingerprint density at radius 2 is 1.68 bits per heavy atom. The van der Waals surface area contributed by atoms with Gasteiger partial charge in [-0.15, -0.1) is 0 Å². The molecule has 2 nitrogen and oxygen atoms in total. The van der Waals surface area contributed by atoms with E-state index >= 15 is 8.63 Å². The lowest BCUT2D eigenvalue weighted by Gasteiger charge is -2.32. The third-order valence-corrected chi connectivity index (χ3v) is 6.19. The Morgan fingerprint density at radius 1 is 0.960 bits per heavy atom. The van der Waals surface area contributed by atoms with Crippen molar-refractivity contribution in [2.75, 3.05) is 0 Å². The van der Waals surface area contributed by atoms with Gasteiger partial charge in [-0.05, 0) is 56.1 Å². The fraction of sp³-hybridized carbons (Fsp3) is 0. The van der Waals surface area contributed by atoms with Crippen LogP contribution in [0.1, 0.15) is 11.3 Å². The summed E-state index contributed by atoms with van der Waals surface area (Å²) in [4.78, 5) is 0. The quantitative estimate of drug-likeness (QED) is 0.251. The summed E-state index contributed by atoms with van der Waals surface area (Å²) in [7, 11) is 0. The molecule has 0 unspecified atom stereocenters. The van der Waals surface area contributed by atoms with Gasteiger partial charge in [0.25, 0.3) is 0 Å². The number of benzene rings is 1. The Balaban J connectivity index is 2.14. The summed E-state index contributed by atoms with van der Waals surface area (Å²) >= 11 is 9.13. The summed E-state index contributed by atoms with van der Waals surface area (Å²) in [5.41, 5.74) is 0.570. The van der Waals surface area contributed by atoms with Crippen molar-refractivity contribution in [3.8, 4) is 0 Å². The van der Waals surface area contributed by atoms with Gasteiger partial charge >= 0.3 is 6.97 Å². The van der Waals surface area contributed by atoms with Gasteiger partial charge in [0.15, 0.2) is 5.70 Å². The van der Waals surface area contributed by atoms with Gasteiger partial charge in [0.2, 0.25) is 4.62 Å². The topological polar surface area (TPSA) is 7.94 Å². The second kappa shape index (κ2) is 5.69. The number of hydrogen-bond donors (Lipinski definition) is 0. The van der Waals surface area contributed by atoms with E-state index in [0.29, 0.717) is 0 Å². The lowest BCUT2D eigenvalue weighted by Crippen LogP contribution is -2.50. The van der Waals surface area contributed by atoms with Crippen molar-refractivity contribution in [2.24, 2.45) is 0 Å². The second-order valence-corrected chi connectivity index (χ2v) is 7.93. The van der Waals surface area contributed by atoms with Crippen molar-refractivity contribution in [3.05, 3.63) is 74.1 Å². The molecule has 0 bridgehead atoms. The van der Waals surface area contributed by atoms with Crippen molar-refractivity contribution in [1.82, 2.24) is 4.48 Å². The summed E-state index contributed by atoms with van der Waals surface area (Å²) in [6.07, 6.45) is 2.96. The molecular formula is C15H6BBr3F4N2. The van der Waals surface area contributed by atoms with Crippen LogP contribution in [-0.4, -0.2) is 20.6 Å². The van der Waals surface area contributed by atoms with Crippen molar-refractivity contribution < 1.29 is 21.9 Å². The minimum Gasteiger partial charge on any atom is -0.389 e. The lowest BCUT2D eigenvalue weighted by atomic mass is 9.86. The van der Waals surface area contributed by atoms with Crippen molar-refractivity contribution in [3.63, 3.8) is 0 Å². The zero-order valence-corrected chi connectivity index (χ0v) is 16.8. The van der Waals surface area contributed by atoms with Gasteiger partial charge < -0.3 is 17.6 Å². The molecule has 0 aliphatic carbocycles. The molecule has 0 N–H and O–H groups in total. The van der Waals surface area contributed by atoms with Crippen LogP contribution in [0.5, 0.6) is 0 Å². The fourth-order valence-corrected chi connectivity index (χ4v) is 4.61. The van der Waals surface area contributed by atoms with E-state index in [1.807, 2.05) is 0 Å². The molecule has 2 aromatic rings. The maximum atomic E-state index is 15.1. The molecule has 3 heterocycles. The van der Waals surface area contributed by atoms with Crippen LogP contribution in [0.4, 0.5) is 17.4 Å². The molecule has 0 spiro atoms. The Morgan fingerprint density at radius 3 is 2.40 bits per heavy atom. The van der Waals surface area contributed by atoms with Gasteiger partial charge in [-0.2, -0.15) is 0 Å². The Labute approximate surface area is 165 Å². The predicted molar refractivity (Wildman–Crippen MR) is 98.9 cm³/mol. The molecule has 0 atom stereocenters. The number of rotatable bonds is 1. The van der Waals surface area contributed by atoms with Gasteiger partial charge in [-0.3, -0.25) is 0 Å². The molecule has 10 heteroatoms. The van der Waals surface area contributed by atoms with E-state index in [2.05, 4.69) is 47.8 Å². The predicted octanol–water partition coefficient (Wildman–Crippen LogP) is 5.66. The standard InChI is InChI=1S/C15H6BBr3F4N2/c17-11-5-3-9-13(7-1-2-8(20)14(19)15(7)21)10-4-6-12(18)25(10)16(22,23)24(9)11/h1-6H. The highest BCUT2D eigenvalue weighted by Crippen LogP contribution is 2.43. The van der Waals surface area contributed by atoms with Crippen LogP contribution in [0.3, 0.4) is 0 Å². The first-order valence-electron chi connectivity index (χ1n) is 7.02. The Hall–Kier alpha value is -1.13. The van der Waals surface area contributed by atoms with E-state index < -0.39 is 18.6 Å². The number of halogens is 7. The molecular weight excluding hydrogens is 535 g/mol. The van der Waals surface area contributed by atoms with Gasteiger partial charge in [0, 0.05) is 39.3 Å². The van der Waals surface area contributed by atoms with E-state index in [4.69, 9.17) is 0 Å². The number of aromatic nitrogens is 1. The van der Waals surface area contributed by atoms with E-state index in [1.54, 1.807) is 0 Å². The first kappa shape index (κ1) is 17.3. The van der Waals surface area contributed by atoms with Crippen LogP contribution < -0.4 is 0 Å². The molecule has 0 saturated carbocycles. The Kier molecular flexibility index (Phi) is 3.93. The maximum Gasteiger partial charge on any atom is 0.738 e. The molecule has 2 aliphatic rings. The Bertz CT molecular complexity index is 1040. The van der Waals surface area contributed by atoms with Crippen LogP contribution in [0.2, 0.25) is 0 Å². The molecule has 128 valence electrons. The first-order valence-corrected chi connectivity index (χ1v) is 9.40. The summed E-state index contributed by atoms with van der Waals surface area (Å²) < 4.78 is 60.1. The number of hydrogen-bond acceptors (Lipinski definition) is 0. The summed E-state index contributed by atoms with van der Waals surface area (Å²) in [5, 5.41) is 0. The summed E-state index contributed by atoms with van der Waals surface area (Å²) in [6.45, 7) is -4.18. The van der Waals surface area contributed by atoms with Gasteiger partial charge in [0.1, 0.15) is 11.6 Å². The second-order valence-electron chi connectivity index (χ2n) is 5.51. The highest BCUT2D eigenvalue weighted by atomic mass is 79.9. The van der Waals surface area contributed by atoms with Gasteiger partial charge in [-0.25, -0.2) is 8.78 Å². The van der Waals surface area contributed by atoms with Crippen molar-refractivity contribution in [2.45, 2.75) is 0 Å². The van der Waals surface area contributed by atoms with Crippen molar-refractivity contribution >= 4 is 65.0 Å². The molecule has 0 amide bonds. The molecule has 0 saturated heterocycles. The third kappa shape index (κ3) is 2.30. The minimum atomic E-state index is -4.18. The zero-order chi connectivity index (χ0) is 18.1. The van der Waals surface area contributed by atoms with Gasteiger partial charge in [-0.1, -0.05) is 0 Å². The highest BCUT2D eigenvalue weighted by Gasteiger charge is 2.54. The molecule has 4 rings (SSSR count). The maximum absolute atomic E-state index is 15.1. The van der Waals surface area contributed by atoms with E-state index in [1.165, 1.54) is 30.4 Å². The molecule has 1 aromatic heterocycles. The van der Waals surface area contributed by atoms with E-state index in [0.717, 1.165) is 15.0 Å². The number of fused-ring (bicyclic) bond motifs is 2. The normalized spacial score (nSPS) is 18.0. The van der Waals surface area contributed by atoms with Crippen LogP contribution in [0, 0.1) is 11.6 Å². The largest absolute Gasteiger partial charge is 0.738 e.